The molecule has 1 saturated heterocycles. The molecule has 0 bridgehead atoms. The number of para-hydroxylation sites is 1. The minimum atomic E-state index is -1.12. The molecule has 2 aliphatic carbocycles. The van der Waals surface area contributed by atoms with E-state index in [1.807, 2.05) is 30.3 Å². The number of hydrogen-bond acceptors (Lipinski definition) is 5. The smallest absolute Gasteiger partial charge is 0.289 e. The van der Waals surface area contributed by atoms with Gasteiger partial charge in [-0.3, -0.25) is 24.0 Å². The number of nitrogens with one attached hydrogen (secondary N) is 4. The van der Waals surface area contributed by atoms with Crippen LogP contribution in [0.25, 0.3) is 10.9 Å². The number of ketones is 2. The molecular weight excluding hydrogens is 544 g/mol. The van der Waals surface area contributed by atoms with E-state index in [-0.39, 0.29) is 30.6 Å². The molecule has 1 aromatic heterocycles. The highest BCUT2D eigenvalue weighted by Crippen LogP contribution is 2.31. The minimum Gasteiger partial charge on any atom is -0.356 e. The Hall–Kier alpha value is -3.49. The predicted molar refractivity (Wildman–Crippen MR) is 164 cm³/mol. The van der Waals surface area contributed by atoms with Gasteiger partial charge in [0.15, 0.2) is 5.78 Å². The molecule has 3 fully saturated rings. The highest BCUT2D eigenvalue weighted by Gasteiger charge is 2.36. The fraction of sp³-hybridized carbons (Fsp3) is 0.618. The Kier molecular flexibility index (Phi) is 10.7. The number of carbonyl (C=O) groups excluding carboxylic acids is 5. The second kappa shape index (κ2) is 14.8. The summed E-state index contributed by atoms with van der Waals surface area (Å²) < 4.78 is 0. The van der Waals surface area contributed by atoms with Gasteiger partial charge in [-0.05, 0) is 56.6 Å². The number of amides is 3. The summed E-state index contributed by atoms with van der Waals surface area (Å²) in [4.78, 5) is 69.9. The average Bonchev–Trinajstić information content (AvgIpc) is 3.47. The molecule has 2 aromatic rings. The van der Waals surface area contributed by atoms with Gasteiger partial charge in [-0.1, -0.05) is 69.6 Å². The second-order valence-corrected chi connectivity index (χ2v) is 12.9. The molecular formula is C34H46N4O5. The predicted octanol–water partition coefficient (Wildman–Crippen LogP) is 4.75. The fourth-order valence-corrected chi connectivity index (χ4v) is 7.19. The van der Waals surface area contributed by atoms with Crippen molar-refractivity contribution >= 4 is 40.2 Å². The number of benzene rings is 1. The van der Waals surface area contributed by atoms with Gasteiger partial charge in [-0.15, -0.1) is 0 Å². The van der Waals surface area contributed by atoms with E-state index in [1.54, 1.807) is 0 Å². The quantitative estimate of drug-likeness (QED) is 0.209. The van der Waals surface area contributed by atoms with Crippen LogP contribution in [0.3, 0.4) is 0 Å². The first-order chi connectivity index (χ1) is 20.9. The van der Waals surface area contributed by atoms with E-state index >= 15 is 0 Å². The van der Waals surface area contributed by atoms with Crippen molar-refractivity contribution in [1.82, 2.24) is 20.9 Å². The minimum absolute atomic E-state index is 0.00819. The Morgan fingerprint density at radius 2 is 1.58 bits per heavy atom. The molecule has 1 aliphatic heterocycles. The second-order valence-electron chi connectivity index (χ2n) is 12.9. The number of piperidine rings is 1. The topological polar surface area (TPSA) is 137 Å². The van der Waals surface area contributed by atoms with Crippen molar-refractivity contribution in [3.63, 3.8) is 0 Å². The number of rotatable bonds is 12. The highest BCUT2D eigenvalue weighted by molar-refractivity contribution is 6.38. The standard InChI is InChI=1S/C34H46N4O5/c39-30(28-19-23-12-7-8-16-27(23)37-28)21-25(18-22-10-3-1-4-11-22)33(42)38-29(20-24-13-9-17-35-32(24)41)31(40)34(43)36-26-14-5-2-6-15-26/h7-8,12,16,19,22,24-26,29,37H,1-6,9-11,13-15,17-18,20-21H2,(H,35,41)(H,36,43)(H,38,42)/t24-,25+,29-/m0/s1. The molecule has 0 unspecified atom stereocenters. The molecule has 9 nitrogen and oxygen atoms in total. The van der Waals surface area contributed by atoms with Gasteiger partial charge >= 0.3 is 0 Å². The van der Waals surface area contributed by atoms with Crippen LogP contribution in [0.15, 0.2) is 30.3 Å². The maximum Gasteiger partial charge on any atom is 0.289 e. The first-order valence-corrected chi connectivity index (χ1v) is 16.4. The van der Waals surface area contributed by atoms with Crippen molar-refractivity contribution in [2.24, 2.45) is 17.8 Å². The Balaban J connectivity index is 1.33. The number of hydrogen-bond donors (Lipinski definition) is 4. The summed E-state index contributed by atoms with van der Waals surface area (Å²) in [5.74, 6) is -2.89. The van der Waals surface area contributed by atoms with Crippen molar-refractivity contribution in [2.75, 3.05) is 6.54 Å². The zero-order valence-corrected chi connectivity index (χ0v) is 25.1. The summed E-state index contributed by atoms with van der Waals surface area (Å²) in [6, 6.07) is 8.31. The van der Waals surface area contributed by atoms with Gasteiger partial charge in [0, 0.05) is 41.7 Å². The third kappa shape index (κ3) is 8.33. The summed E-state index contributed by atoms with van der Waals surface area (Å²) in [6.07, 6.45) is 12.2. The molecule has 9 heteroatoms. The zero-order valence-electron chi connectivity index (χ0n) is 25.1. The van der Waals surface area contributed by atoms with E-state index < -0.39 is 35.5 Å². The maximum atomic E-state index is 13.9. The highest BCUT2D eigenvalue weighted by atomic mass is 16.2. The third-order valence-corrected chi connectivity index (χ3v) is 9.69. The lowest BCUT2D eigenvalue weighted by atomic mass is 9.80. The number of Topliss-reactive ketones (excluding diaryl/α,β-unsaturated/α-hetero) is 2. The average molecular weight is 591 g/mol. The molecule has 232 valence electrons. The zero-order chi connectivity index (χ0) is 30.2. The number of carbonyl (C=O) groups is 5. The molecule has 0 radical (unpaired) electrons. The van der Waals surface area contributed by atoms with Crippen LogP contribution in [0.4, 0.5) is 0 Å². The van der Waals surface area contributed by atoms with Crippen LogP contribution in [-0.4, -0.2) is 52.9 Å². The van der Waals surface area contributed by atoms with Crippen LogP contribution in [-0.2, 0) is 19.2 Å². The molecule has 3 atom stereocenters. The number of aromatic amines is 1. The van der Waals surface area contributed by atoms with Crippen molar-refractivity contribution < 1.29 is 24.0 Å². The molecule has 5 rings (SSSR count). The maximum absolute atomic E-state index is 13.9. The van der Waals surface area contributed by atoms with Gasteiger partial charge in [0.2, 0.25) is 17.6 Å². The van der Waals surface area contributed by atoms with Gasteiger partial charge in [0.1, 0.15) is 0 Å². The Morgan fingerprint density at radius 1 is 0.860 bits per heavy atom. The van der Waals surface area contributed by atoms with Crippen molar-refractivity contribution in [3.8, 4) is 0 Å². The summed E-state index contributed by atoms with van der Waals surface area (Å²) in [5.41, 5.74) is 1.32. The van der Waals surface area contributed by atoms with Crippen LogP contribution < -0.4 is 16.0 Å². The van der Waals surface area contributed by atoms with E-state index in [0.29, 0.717) is 31.0 Å². The molecule has 4 N–H and O–H groups in total. The Bertz CT molecular complexity index is 1270. The molecule has 0 spiro atoms. The number of H-pyrrole nitrogens is 1. The lowest BCUT2D eigenvalue weighted by Gasteiger charge is -2.29. The van der Waals surface area contributed by atoms with Gasteiger partial charge in [-0.25, -0.2) is 0 Å². The van der Waals surface area contributed by atoms with E-state index in [0.717, 1.165) is 75.1 Å². The van der Waals surface area contributed by atoms with Crippen molar-refractivity contribution in [1.29, 1.82) is 0 Å². The van der Waals surface area contributed by atoms with Gasteiger partial charge < -0.3 is 20.9 Å². The SMILES string of the molecule is O=C(NC1CCCCC1)C(=O)[C@H](C[C@@H]1CCCNC1=O)NC(=O)[C@@H](CC(=O)c1cc2ccccc2[nH]1)CC1CCCCC1. The van der Waals surface area contributed by atoms with E-state index in [2.05, 4.69) is 20.9 Å². The fourth-order valence-electron chi connectivity index (χ4n) is 7.19. The van der Waals surface area contributed by atoms with Gasteiger partial charge in [-0.2, -0.15) is 0 Å². The first-order valence-electron chi connectivity index (χ1n) is 16.4. The molecule has 1 aromatic carbocycles. The molecule has 2 saturated carbocycles. The Morgan fingerprint density at radius 3 is 2.30 bits per heavy atom. The summed E-state index contributed by atoms with van der Waals surface area (Å²) in [6.45, 7) is 0.585. The van der Waals surface area contributed by atoms with Crippen molar-refractivity contribution in [2.45, 2.75) is 108 Å². The normalized spacial score (nSPS) is 21.5. The van der Waals surface area contributed by atoms with Gasteiger partial charge in [0.05, 0.1) is 11.7 Å². The number of fused-ring (bicyclic) bond motifs is 1. The third-order valence-electron chi connectivity index (χ3n) is 9.69. The summed E-state index contributed by atoms with van der Waals surface area (Å²) >= 11 is 0. The summed E-state index contributed by atoms with van der Waals surface area (Å²) in [5, 5.41) is 9.54. The first kappa shape index (κ1) is 31.0. The monoisotopic (exact) mass is 590 g/mol. The molecule has 3 aliphatic rings. The molecule has 3 amide bonds. The van der Waals surface area contributed by atoms with Crippen LogP contribution >= 0.6 is 0 Å². The van der Waals surface area contributed by atoms with Crippen LogP contribution in [0.2, 0.25) is 0 Å². The largest absolute Gasteiger partial charge is 0.356 e. The number of aromatic nitrogens is 1. The van der Waals surface area contributed by atoms with Crippen LogP contribution in [0.5, 0.6) is 0 Å². The van der Waals surface area contributed by atoms with Crippen LogP contribution in [0.1, 0.15) is 107 Å². The Labute approximate surface area is 253 Å². The van der Waals surface area contributed by atoms with Crippen LogP contribution in [0, 0.1) is 17.8 Å². The van der Waals surface area contributed by atoms with E-state index in [9.17, 15) is 24.0 Å². The van der Waals surface area contributed by atoms with E-state index in [1.165, 1.54) is 6.42 Å². The molecule has 43 heavy (non-hydrogen) atoms. The summed E-state index contributed by atoms with van der Waals surface area (Å²) in [7, 11) is 0. The lowest BCUT2D eigenvalue weighted by Crippen LogP contribution is -2.53. The molecule has 2 heterocycles. The van der Waals surface area contributed by atoms with E-state index in [4.69, 9.17) is 0 Å². The van der Waals surface area contributed by atoms with Gasteiger partial charge in [0.25, 0.3) is 5.91 Å². The van der Waals surface area contributed by atoms with Crippen molar-refractivity contribution in [3.05, 3.63) is 36.0 Å². The lowest BCUT2D eigenvalue weighted by molar-refractivity contribution is -0.142.